The number of amides is 2. The molecule has 1 heterocycles. The minimum Gasteiger partial charge on any atom is -0.387 e. The van der Waals surface area contributed by atoms with Gasteiger partial charge in [-0.05, 0) is 30.5 Å². The van der Waals surface area contributed by atoms with E-state index in [4.69, 9.17) is 0 Å². The van der Waals surface area contributed by atoms with Gasteiger partial charge in [-0.3, -0.25) is 0 Å². The van der Waals surface area contributed by atoms with Crippen molar-refractivity contribution < 1.29 is 9.90 Å². The van der Waals surface area contributed by atoms with E-state index in [0.29, 0.717) is 13.0 Å². The zero-order valence-electron chi connectivity index (χ0n) is 14.2. The van der Waals surface area contributed by atoms with Crippen LogP contribution >= 0.6 is 0 Å². The highest BCUT2D eigenvalue weighted by Crippen LogP contribution is 2.21. The molecule has 0 unspecified atom stereocenters. The third-order valence-corrected chi connectivity index (χ3v) is 4.57. The number of hydrogen-bond donors (Lipinski definition) is 4. The number of carbonyl (C=O) groups excluding carboxylic acids is 1. The Morgan fingerprint density at radius 1 is 1.08 bits per heavy atom. The summed E-state index contributed by atoms with van der Waals surface area (Å²) in [6.07, 6.45) is 1.61. The summed E-state index contributed by atoms with van der Waals surface area (Å²) < 4.78 is 0. The van der Waals surface area contributed by atoms with E-state index >= 15 is 0 Å². The van der Waals surface area contributed by atoms with Gasteiger partial charge in [0.05, 0.1) is 11.6 Å². The highest BCUT2D eigenvalue weighted by Gasteiger charge is 2.29. The summed E-state index contributed by atoms with van der Waals surface area (Å²) in [5.41, 5.74) is 1.16. The van der Waals surface area contributed by atoms with Crippen LogP contribution in [0.5, 0.6) is 0 Å². The molecular formula is C20H25N3O2. The number of β-amino-alcohol motifs (C(OH)–C–C–N with tert-alkyl or cyclic N) is 1. The maximum atomic E-state index is 12.4. The molecule has 4 N–H and O–H groups in total. The van der Waals surface area contributed by atoms with E-state index in [0.717, 1.165) is 24.1 Å². The molecule has 0 aromatic heterocycles. The van der Waals surface area contributed by atoms with Gasteiger partial charge in [0.1, 0.15) is 0 Å². The lowest BCUT2D eigenvalue weighted by Crippen LogP contribution is -2.54. The second kappa shape index (κ2) is 8.14. The lowest BCUT2D eigenvalue weighted by atomic mass is 9.94. The Labute approximate surface area is 148 Å². The Morgan fingerprint density at radius 2 is 1.68 bits per heavy atom. The molecule has 0 bridgehead atoms. The van der Waals surface area contributed by atoms with Crippen molar-refractivity contribution >= 4 is 6.03 Å². The van der Waals surface area contributed by atoms with Crippen molar-refractivity contribution in [1.82, 2.24) is 16.0 Å². The van der Waals surface area contributed by atoms with E-state index in [2.05, 4.69) is 16.0 Å². The Balaban J connectivity index is 1.67. The molecule has 1 aliphatic rings. The van der Waals surface area contributed by atoms with Crippen molar-refractivity contribution in [1.29, 1.82) is 0 Å². The SMILES string of the molecule is O=C(NC[C@@]1(O)CCCNC1)NC(c1ccccc1)c1ccccc1. The van der Waals surface area contributed by atoms with Crippen molar-refractivity contribution in [2.24, 2.45) is 0 Å². The maximum absolute atomic E-state index is 12.4. The van der Waals surface area contributed by atoms with Crippen molar-refractivity contribution in [2.45, 2.75) is 24.5 Å². The van der Waals surface area contributed by atoms with Gasteiger partial charge >= 0.3 is 6.03 Å². The molecule has 1 aliphatic heterocycles. The number of piperidine rings is 1. The topological polar surface area (TPSA) is 73.4 Å². The average Bonchev–Trinajstić information content (AvgIpc) is 2.66. The molecule has 3 rings (SSSR count). The zero-order chi connectivity index (χ0) is 17.5. The van der Waals surface area contributed by atoms with Crippen LogP contribution in [0.1, 0.15) is 30.0 Å². The largest absolute Gasteiger partial charge is 0.387 e. The fourth-order valence-corrected chi connectivity index (χ4v) is 3.18. The summed E-state index contributed by atoms with van der Waals surface area (Å²) in [6, 6.07) is 19.2. The first-order valence-corrected chi connectivity index (χ1v) is 8.74. The molecule has 1 fully saturated rings. The average molecular weight is 339 g/mol. The molecule has 2 aromatic carbocycles. The molecule has 0 aliphatic carbocycles. The molecule has 2 amide bonds. The molecule has 5 heteroatoms. The quantitative estimate of drug-likeness (QED) is 0.675. The lowest BCUT2D eigenvalue weighted by Gasteiger charge is -2.33. The standard InChI is InChI=1S/C20H25N3O2/c24-19(22-15-20(25)12-7-13-21-14-20)23-18(16-8-3-1-4-9-16)17-10-5-2-6-11-17/h1-6,8-11,18,21,25H,7,12-15H2,(H2,22,23,24)/t20-/m1/s1. The van der Waals surface area contributed by atoms with Gasteiger partial charge in [0, 0.05) is 13.1 Å². The molecule has 25 heavy (non-hydrogen) atoms. The summed E-state index contributed by atoms with van der Waals surface area (Å²) in [7, 11) is 0. The number of rotatable bonds is 5. The van der Waals surface area contributed by atoms with Gasteiger partial charge in [0.2, 0.25) is 0 Å². The zero-order valence-corrected chi connectivity index (χ0v) is 14.2. The highest BCUT2D eigenvalue weighted by molar-refractivity contribution is 5.75. The number of carbonyl (C=O) groups is 1. The van der Waals surface area contributed by atoms with Crippen LogP contribution in [-0.4, -0.2) is 36.4 Å². The molecule has 5 nitrogen and oxygen atoms in total. The van der Waals surface area contributed by atoms with Crippen LogP contribution in [0, 0.1) is 0 Å². The number of hydrogen-bond acceptors (Lipinski definition) is 3. The Kier molecular flexibility index (Phi) is 5.68. The second-order valence-corrected chi connectivity index (χ2v) is 6.59. The van der Waals surface area contributed by atoms with Gasteiger partial charge in [0.15, 0.2) is 0 Å². The highest BCUT2D eigenvalue weighted by atomic mass is 16.3. The molecule has 0 radical (unpaired) electrons. The van der Waals surface area contributed by atoms with Crippen LogP contribution in [0.3, 0.4) is 0 Å². The van der Waals surface area contributed by atoms with Gasteiger partial charge in [-0.1, -0.05) is 60.7 Å². The molecule has 0 saturated carbocycles. The first kappa shape index (κ1) is 17.5. The van der Waals surface area contributed by atoms with Crippen LogP contribution in [0.2, 0.25) is 0 Å². The van der Waals surface area contributed by atoms with Gasteiger partial charge in [-0.25, -0.2) is 4.79 Å². The Morgan fingerprint density at radius 3 is 2.20 bits per heavy atom. The maximum Gasteiger partial charge on any atom is 0.315 e. The van der Waals surface area contributed by atoms with Crippen molar-refractivity contribution in [3.63, 3.8) is 0 Å². The fourth-order valence-electron chi connectivity index (χ4n) is 3.18. The normalized spacial score (nSPS) is 20.2. The number of benzene rings is 2. The Hall–Kier alpha value is -2.37. The molecule has 0 spiro atoms. The monoisotopic (exact) mass is 339 g/mol. The van der Waals surface area contributed by atoms with Gasteiger partial charge in [0.25, 0.3) is 0 Å². The number of aliphatic hydroxyl groups is 1. The van der Waals surface area contributed by atoms with Crippen LogP contribution < -0.4 is 16.0 Å². The predicted molar refractivity (Wildman–Crippen MR) is 98.3 cm³/mol. The molecule has 132 valence electrons. The fraction of sp³-hybridized carbons (Fsp3) is 0.350. The van der Waals surface area contributed by atoms with Gasteiger partial charge < -0.3 is 21.1 Å². The molecule has 1 atom stereocenters. The first-order valence-electron chi connectivity index (χ1n) is 8.74. The predicted octanol–water partition coefficient (Wildman–Crippen LogP) is 2.19. The van der Waals surface area contributed by atoms with Crippen LogP contribution in [0.4, 0.5) is 4.79 Å². The van der Waals surface area contributed by atoms with Gasteiger partial charge in [-0.15, -0.1) is 0 Å². The molecule has 1 saturated heterocycles. The second-order valence-electron chi connectivity index (χ2n) is 6.59. The summed E-state index contributed by atoms with van der Waals surface area (Å²) in [6.45, 7) is 1.66. The van der Waals surface area contributed by atoms with E-state index in [9.17, 15) is 9.90 Å². The van der Waals surface area contributed by atoms with E-state index < -0.39 is 5.60 Å². The molecular weight excluding hydrogens is 314 g/mol. The summed E-state index contributed by atoms with van der Waals surface area (Å²) in [4.78, 5) is 12.4. The van der Waals surface area contributed by atoms with Crippen LogP contribution in [0.25, 0.3) is 0 Å². The third kappa shape index (κ3) is 4.81. The van der Waals surface area contributed by atoms with Crippen LogP contribution in [-0.2, 0) is 0 Å². The Bertz CT molecular complexity index is 630. The van der Waals surface area contributed by atoms with Crippen molar-refractivity contribution in [3.05, 3.63) is 71.8 Å². The van der Waals surface area contributed by atoms with Crippen molar-refractivity contribution in [3.8, 4) is 0 Å². The van der Waals surface area contributed by atoms with Gasteiger partial charge in [-0.2, -0.15) is 0 Å². The minimum absolute atomic E-state index is 0.235. The minimum atomic E-state index is -0.870. The smallest absolute Gasteiger partial charge is 0.315 e. The lowest BCUT2D eigenvalue weighted by molar-refractivity contribution is 0.0194. The van der Waals surface area contributed by atoms with E-state index in [1.54, 1.807) is 0 Å². The van der Waals surface area contributed by atoms with E-state index in [1.165, 1.54) is 0 Å². The van der Waals surface area contributed by atoms with Crippen molar-refractivity contribution in [2.75, 3.05) is 19.6 Å². The first-order chi connectivity index (χ1) is 12.2. The van der Waals surface area contributed by atoms with E-state index in [1.807, 2.05) is 60.7 Å². The van der Waals surface area contributed by atoms with E-state index in [-0.39, 0.29) is 18.6 Å². The van der Waals surface area contributed by atoms with Crippen LogP contribution in [0.15, 0.2) is 60.7 Å². The summed E-state index contributed by atoms with van der Waals surface area (Å²) in [5, 5.41) is 19.5. The number of nitrogens with one attached hydrogen (secondary N) is 3. The summed E-state index contributed by atoms with van der Waals surface area (Å²) >= 11 is 0. The summed E-state index contributed by atoms with van der Waals surface area (Å²) in [5.74, 6) is 0. The number of urea groups is 1. The molecule has 2 aromatic rings. The third-order valence-electron chi connectivity index (χ3n) is 4.57.